The van der Waals surface area contributed by atoms with Gasteiger partial charge in [-0.2, -0.15) is 14.6 Å². The molecular formula is C24H14N4O3. The van der Waals surface area contributed by atoms with Gasteiger partial charge < -0.3 is 10.2 Å². The number of hydrogen-bond acceptors (Lipinski definition) is 6. The summed E-state index contributed by atoms with van der Waals surface area (Å²) in [5.74, 6) is -0.823. The van der Waals surface area contributed by atoms with E-state index in [0.29, 0.717) is 22.3 Å². The van der Waals surface area contributed by atoms with Crippen molar-refractivity contribution in [3.05, 3.63) is 83.8 Å². The number of carbonyl (C=O) groups is 1. The molecule has 7 nitrogen and oxygen atoms in total. The molecule has 3 aromatic carbocycles. The fraction of sp³-hybridized carbons (Fsp3) is 0. The number of rotatable bonds is 1. The molecule has 0 fully saturated rings. The summed E-state index contributed by atoms with van der Waals surface area (Å²) in [6, 6.07) is 16.0. The summed E-state index contributed by atoms with van der Waals surface area (Å²) < 4.78 is 1.47. The van der Waals surface area contributed by atoms with E-state index in [2.05, 4.69) is 17.1 Å². The zero-order chi connectivity index (χ0) is 21.1. The molecule has 0 radical (unpaired) electrons. The highest BCUT2D eigenvalue weighted by Crippen LogP contribution is 2.33. The van der Waals surface area contributed by atoms with Gasteiger partial charge in [-0.05, 0) is 34.6 Å². The Morgan fingerprint density at radius 2 is 1.45 bits per heavy atom. The molecule has 1 aliphatic rings. The zero-order valence-corrected chi connectivity index (χ0v) is 16.0. The zero-order valence-electron chi connectivity index (χ0n) is 16.0. The first-order chi connectivity index (χ1) is 15.1. The quantitative estimate of drug-likeness (QED) is 0.404. The van der Waals surface area contributed by atoms with Gasteiger partial charge >= 0.3 is 0 Å². The summed E-state index contributed by atoms with van der Waals surface area (Å²) in [5.41, 5.74) is 2.22. The molecule has 0 saturated heterocycles. The second-order valence-electron chi connectivity index (χ2n) is 7.30. The van der Waals surface area contributed by atoms with Crippen LogP contribution in [0.15, 0.2) is 78.1 Å². The maximum atomic E-state index is 11.5. The van der Waals surface area contributed by atoms with Crippen LogP contribution in [0.2, 0.25) is 0 Å². The van der Waals surface area contributed by atoms with Crippen molar-refractivity contribution in [3.63, 3.8) is 0 Å². The fourth-order valence-corrected chi connectivity index (χ4v) is 4.00. The molecule has 6 rings (SSSR count). The lowest BCUT2D eigenvalue weighted by Crippen LogP contribution is -2.02. The number of hydrogen-bond donors (Lipinski definition) is 2. The first kappa shape index (κ1) is 17.3. The number of aromatic hydroxyl groups is 1. The lowest BCUT2D eigenvalue weighted by Gasteiger charge is -2.09. The molecular weight excluding hydrogens is 392 g/mol. The number of nitrogens with zero attached hydrogens (tertiary/aromatic N) is 4. The number of fused-ring (bicyclic) bond motifs is 7. The van der Waals surface area contributed by atoms with Gasteiger partial charge in [-0.25, -0.2) is 4.98 Å². The number of imidazole rings is 1. The van der Waals surface area contributed by atoms with Crippen LogP contribution in [0.25, 0.3) is 44.4 Å². The van der Waals surface area contributed by atoms with E-state index in [-0.39, 0.29) is 17.4 Å². The second kappa shape index (κ2) is 6.24. The van der Waals surface area contributed by atoms with Crippen molar-refractivity contribution in [2.24, 2.45) is 0 Å². The Hall–Kier alpha value is -4.52. The monoisotopic (exact) mass is 406 g/mol. The van der Waals surface area contributed by atoms with Gasteiger partial charge in [0.1, 0.15) is 16.7 Å². The van der Waals surface area contributed by atoms with E-state index >= 15 is 0 Å². The molecule has 0 amide bonds. The van der Waals surface area contributed by atoms with Crippen molar-refractivity contribution in [2.45, 2.75) is 0 Å². The number of aromatic nitrogens is 4. The van der Waals surface area contributed by atoms with E-state index < -0.39 is 5.78 Å². The molecule has 0 saturated carbocycles. The van der Waals surface area contributed by atoms with Crippen LogP contribution in [0.4, 0.5) is 0 Å². The molecule has 0 spiro atoms. The highest BCUT2D eigenvalue weighted by Gasteiger charge is 2.18. The van der Waals surface area contributed by atoms with Crippen LogP contribution in [0.5, 0.6) is 5.88 Å². The molecule has 0 bridgehead atoms. The molecule has 7 heteroatoms. The van der Waals surface area contributed by atoms with E-state index in [0.717, 1.165) is 21.5 Å². The van der Waals surface area contributed by atoms with Gasteiger partial charge in [0.15, 0.2) is 5.76 Å². The lowest BCUT2D eigenvalue weighted by atomic mass is 10.00. The minimum absolute atomic E-state index is 0.241. The topological polar surface area (TPSA) is 101 Å². The Morgan fingerprint density at radius 1 is 0.806 bits per heavy atom. The molecule has 0 atom stereocenters. The standard InChI is InChI=1S/C24H14N4O3/c29-19-10-9-13(12-20(19)30)11-18-23(31)26-24-25-21-16-7-3-1-5-14(16)15-6-2-4-8-17(15)22(21)27-28(18)24/h1-12,30-31H. The third-order valence-corrected chi connectivity index (χ3v) is 5.43. The first-order valence-electron chi connectivity index (χ1n) is 9.64. The van der Waals surface area contributed by atoms with E-state index in [1.165, 1.54) is 16.7 Å². The number of allylic oxidation sites excluding steroid dienone is 4. The normalized spacial score (nSPS) is 15.5. The fourth-order valence-electron chi connectivity index (χ4n) is 4.00. The van der Waals surface area contributed by atoms with Gasteiger partial charge in [-0.15, -0.1) is 0 Å². The van der Waals surface area contributed by atoms with Crippen LogP contribution < -0.4 is 0 Å². The number of ketones is 1. The Balaban J connectivity index is 1.71. The molecule has 31 heavy (non-hydrogen) atoms. The Bertz CT molecular complexity index is 1680. The summed E-state index contributed by atoms with van der Waals surface area (Å²) in [6.45, 7) is 0. The van der Waals surface area contributed by atoms with Crippen LogP contribution >= 0.6 is 0 Å². The van der Waals surface area contributed by atoms with Crippen LogP contribution in [-0.4, -0.2) is 35.6 Å². The van der Waals surface area contributed by atoms with Crippen molar-refractivity contribution in [1.82, 2.24) is 19.6 Å². The maximum absolute atomic E-state index is 11.5. The van der Waals surface area contributed by atoms with Gasteiger partial charge in [0.2, 0.25) is 11.7 Å². The van der Waals surface area contributed by atoms with Crippen LogP contribution in [0.1, 0.15) is 5.69 Å². The summed E-state index contributed by atoms with van der Waals surface area (Å²) in [4.78, 5) is 20.4. The Labute approximate surface area is 174 Å². The Morgan fingerprint density at radius 3 is 2.13 bits per heavy atom. The second-order valence-corrected chi connectivity index (χ2v) is 7.30. The minimum atomic E-state index is -0.469. The third-order valence-electron chi connectivity index (χ3n) is 5.43. The van der Waals surface area contributed by atoms with Crippen molar-refractivity contribution in [3.8, 4) is 5.88 Å². The number of carbonyl (C=O) groups excluding carboxylic acids is 1. The van der Waals surface area contributed by atoms with E-state index in [1.807, 2.05) is 36.4 Å². The molecule has 2 aromatic heterocycles. The molecule has 1 aliphatic carbocycles. The predicted octanol–water partition coefficient (Wildman–Crippen LogP) is 4.25. The van der Waals surface area contributed by atoms with Crippen molar-refractivity contribution in [2.75, 3.05) is 0 Å². The average Bonchev–Trinajstić information content (AvgIpc) is 3.09. The largest absolute Gasteiger partial charge is 0.504 e. The van der Waals surface area contributed by atoms with Crippen molar-refractivity contribution >= 4 is 50.2 Å². The molecule has 2 N–H and O–H groups in total. The summed E-state index contributed by atoms with van der Waals surface area (Å²) >= 11 is 0. The van der Waals surface area contributed by atoms with E-state index in [1.54, 1.807) is 12.2 Å². The highest BCUT2D eigenvalue weighted by molar-refractivity contribution is 6.23. The van der Waals surface area contributed by atoms with Crippen LogP contribution in [0.3, 0.4) is 0 Å². The first-order valence-corrected chi connectivity index (χ1v) is 9.64. The number of benzene rings is 3. The van der Waals surface area contributed by atoms with Crippen molar-refractivity contribution in [1.29, 1.82) is 0 Å². The van der Waals surface area contributed by atoms with Gasteiger partial charge in [-0.3, -0.25) is 4.79 Å². The van der Waals surface area contributed by atoms with Gasteiger partial charge in [-0.1, -0.05) is 54.6 Å². The highest BCUT2D eigenvalue weighted by atomic mass is 16.3. The smallest absolute Gasteiger partial charge is 0.255 e. The molecule has 2 heterocycles. The number of aliphatic hydroxyl groups excluding tert-OH is 1. The molecule has 148 valence electrons. The maximum Gasteiger partial charge on any atom is 0.255 e. The van der Waals surface area contributed by atoms with Gasteiger partial charge in [0.25, 0.3) is 5.78 Å². The lowest BCUT2D eigenvalue weighted by molar-refractivity contribution is -0.113. The van der Waals surface area contributed by atoms with Crippen LogP contribution in [-0.2, 0) is 4.79 Å². The SMILES string of the molecule is O=C1C=CC(=Cc2c(O)nc3nc4c5ccccc5c5ccccc5c4nn23)C=C1O. The number of aliphatic hydroxyl groups is 1. The van der Waals surface area contributed by atoms with Crippen molar-refractivity contribution < 1.29 is 15.0 Å². The average molecular weight is 406 g/mol. The Kier molecular flexibility index (Phi) is 3.49. The molecule has 0 aliphatic heterocycles. The summed E-state index contributed by atoms with van der Waals surface area (Å²) in [7, 11) is 0. The summed E-state index contributed by atoms with van der Waals surface area (Å²) in [6.07, 6.45) is 5.75. The van der Waals surface area contributed by atoms with Gasteiger partial charge in [0, 0.05) is 10.8 Å². The van der Waals surface area contributed by atoms with E-state index in [4.69, 9.17) is 10.1 Å². The van der Waals surface area contributed by atoms with Gasteiger partial charge in [0.05, 0.1) is 0 Å². The minimum Gasteiger partial charge on any atom is -0.504 e. The molecule has 5 aromatic rings. The third kappa shape index (κ3) is 2.53. The molecule has 0 unspecified atom stereocenters. The summed E-state index contributed by atoms with van der Waals surface area (Å²) in [5, 5.41) is 29.0. The van der Waals surface area contributed by atoms with Crippen LogP contribution in [0, 0.1) is 0 Å². The predicted molar refractivity (Wildman–Crippen MR) is 118 cm³/mol. The van der Waals surface area contributed by atoms with E-state index in [9.17, 15) is 15.0 Å².